The van der Waals surface area contributed by atoms with Crippen LogP contribution < -0.4 is 9.47 Å². The van der Waals surface area contributed by atoms with E-state index in [1.54, 1.807) is 12.1 Å². The smallest absolute Gasteiger partial charge is 0.330 e. The molecule has 1 fully saturated rings. The van der Waals surface area contributed by atoms with E-state index in [0.29, 0.717) is 19.0 Å². The first-order valence-electron chi connectivity index (χ1n) is 11.5. The second-order valence-corrected chi connectivity index (χ2v) is 7.83. The van der Waals surface area contributed by atoms with Crippen LogP contribution in [0.15, 0.2) is 36.9 Å². The number of benzene rings is 1. The minimum atomic E-state index is -0.547. The van der Waals surface area contributed by atoms with E-state index in [0.717, 1.165) is 63.2 Å². The molecule has 1 aliphatic rings. The SMILES string of the molecule is C=CC(=O)OCCC(=O)OCCCCCCOc1ccc(OC(=O)C2CCCCC2)cc1. The average Bonchev–Trinajstić information content (AvgIpc) is 2.82. The normalized spacial score (nSPS) is 13.8. The molecule has 0 atom stereocenters. The van der Waals surface area contributed by atoms with E-state index in [-0.39, 0.29) is 30.9 Å². The Balaban J connectivity index is 1.47. The molecular weight excluding hydrogens is 412 g/mol. The number of rotatable bonds is 14. The molecule has 0 N–H and O–H groups in total. The zero-order chi connectivity index (χ0) is 23.0. The van der Waals surface area contributed by atoms with Gasteiger partial charge in [-0.2, -0.15) is 0 Å². The van der Waals surface area contributed by atoms with E-state index in [9.17, 15) is 14.4 Å². The zero-order valence-corrected chi connectivity index (χ0v) is 18.7. The van der Waals surface area contributed by atoms with Crippen LogP contribution in [0.4, 0.5) is 0 Å². The maximum absolute atomic E-state index is 12.2. The highest BCUT2D eigenvalue weighted by molar-refractivity contribution is 5.81. The second kappa shape index (κ2) is 15.1. The van der Waals surface area contributed by atoms with Crippen LogP contribution in [0.3, 0.4) is 0 Å². The molecule has 0 aromatic heterocycles. The summed E-state index contributed by atoms with van der Waals surface area (Å²) in [5.74, 6) is 0.285. The van der Waals surface area contributed by atoms with Crippen LogP contribution in [0, 0.1) is 5.92 Å². The van der Waals surface area contributed by atoms with Gasteiger partial charge < -0.3 is 18.9 Å². The molecule has 32 heavy (non-hydrogen) atoms. The summed E-state index contributed by atoms with van der Waals surface area (Å²) in [7, 11) is 0. The van der Waals surface area contributed by atoms with E-state index in [1.165, 1.54) is 6.42 Å². The molecule has 7 nitrogen and oxygen atoms in total. The van der Waals surface area contributed by atoms with E-state index >= 15 is 0 Å². The van der Waals surface area contributed by atoms with Gasteiger partial charge in [-0.15, -0.1) is 0 Å². The highest BCUT2D eigenvalue weighted by Gasteiger charge is 2.22. The Morgan fingerprint density at radius 3 is 2.19 bits per heavy atom. The highest BCUT2D eigenvalue weighted by atomic mass is 16.5. The predicted molar refractivity (Wildman–Crippen MR) is 119 cm³/mol. The highest BCUT2D eigenvalue weighted by Crippen LogP contribution is 2.26. The number of carbonyl (C=O) groups is 3. The molecule has 0 saturated heterocycles. The van der Waals surface area contributed by atoms with Gasteiger partial charge in [0.2, 0.25) is 0 Å². The van der Waals surface area contributed by atoms with Crippen LogP contribution in [-0.4, -0.2) is 37.7 Å². The van der Waals surface area contributed by atoms with Crippen LogP contribution in [-0.2, 0) is 23.9 Å². The lowest BCUT2D eigenvalue weighted by Crippen LogP contribution is -2.22. The van der Waals surface area contributed by atoms with Gasteiger partial charge in [-0.05, 0) is 62.8 Å². The van der Waals surface area contributed by atoms with Crippen molar-refractivity contribution in [2.45, 2.75) is 64.2 Å². The molecule has 176 valence electrons. The summed E-state index contributed by atoms with van der Waals surface area (Å²) in [6.07, 6.45) is 9.93. The van der Waals surface area contributed by atoms with E-state index < -0.39 is 5.97 Å². The van der Waals surface area contributed by atoms with Gasteiger partial charge in [0.15, 0.2) is 0 Å². The van der Waals surface area contributed by atoms with Gasteiger partial charge in [-0.3, -0.25) is 9.59 Å². The lowest BCUT2D eigenvalue weighted by Gasteiger charge is -2.19. The van der Waals surface area contributed by atoms with Gasteiger partial charge in [-0.25, -0.2) is 4.79 Å². The molecule has 0 heterocycles. The molecular formula is C25H34O7. The van der Waals surface area contributed by atoms with E-state index in [2.05, 4.69) is 6.58 Å². The first-order chi connectivity index (χ1) is 15.6. The molecule has 1 saturated carbocycles. The fourth-order valence-electron chi connectivity index (χ4n) is 3.44. The molecule has 0 unspecified atom stereocenters. The van der Waals surface area contributed by atoms with Gasteiger partial charge in [0, 0.05) is 6.08 Å². The molecule has 0 bridgehead atoms. The van der Waals surface area contributed by atoms with Crippen molar-refractivity contribution in [3.8, 4) is 11.5 Å². The fourth-order valence-corrected chi connectivity index (χ4v) is 3.44. The van der Waals surface area contributed by atoms with E-state index in [1.807, 2.05) is 12.1 Å². The number of ether oxygens (including phenoxy) is 4. The van der Waals surface area contributed by atoms with Crippen LogP contribution in [0.2, 0.25) is 0 Å². The summed E-state index contributed by atoms with van der Waals surface area (Å²) in [6, 6.07) is 7.16. The molecule has 1 aromatic carbocycles. The molecule has 1 aliphatic carbocycles. The first-order valence-corrected chi connectivity index (χ1v) is 11.5. The number of hydrogen-bond donors (Lipinski definition) is 0. The van der Waals surface area contributed by atoms with Crippen LogP contribution in [0.25, 0.3) is 0 Å². The van der Waals surface area contributed by atoms with Gasteiger partial charge >= 0.3 is 17.9 Å². The maximum Gasteiger partial charge on any atom is 0.330 e. The Labute approximate surface area is 190 Å². The first kappa shape index (κ1) is 25.4. The Morgan fingerprint density at radius 2 is 1.50 bits per heavy atom. The van der Waals surface area contributed by atoms with Gasteiger partial charge in [-0.1, -0.05) is 25.8 Å². The topological polar surface area (TPSA) is 88.1 Å². The van der Waals surface area contributed by atoms with E-state index in [4.69, 9.17) is 18.9 Å². The second-order valence-electron chi connectivity index (χ2n) is 7.83. The summed E-state index contributed by atoms with van der Waals surface area (Å²) < 4.78 is 21.0. The summed E-state index contributed by atoms with van der Waals surface area (Å²) in [4.78, 5) is 34.5. The Bertz CT molecular complexity index is 720. The van der Waals surface area contributed by atoms with Crippen LogP contribution in [0.5, 0.6) is 11.5 Å². The predicted octanol–water partition coefficient (Wildman–Crippen LogP) is 4.77. The summed E-state index contributed by atoms with van der Waals surface area (Å²) in [5.41, 5.74) is 0. The van der Waals surface area contributed by atoms with Gasteiger partial charge in [0.05, 0.1) is 25.6 Å². The third-order valence-corrected chi connectivity index (χ3v) is 5.27. The van der Waals surface area contributed by atoms with Gasteiger partial charge in [0.25, 0.3) is 0 Å². The molecule has 1 aromatic rings. The molecule has 0 radical (unpaired) electrons. The lowest BCUT2D eigenvalue weighted by molar-refractivity contribution is -0.147. The Hall–Kier alpha value is -2.83. The number of unbranched alkanes of at least 4 members (excludes halogenated alkanes) is 3. The summed E-state index contributed by atoms with van der Waals surface area (Å²) in [5, 5.41) is 0. The van der Waals surface area contributed by atoms with Crippen molar-refractivity contribution in [3.63, 3.8) is 0 Å². The number of carbonyl (C=O) groups excluding carboxylic acids is 3. The van der Waals surface area contributed by atoms with Crippen LogP contribution in [0.1, 0.15) is 64.2 Å². The third kappa shape index (κ3) is 10.5. The monoisotopic (exact) mass is 446 g/mol. The maximum atomic E-state index is 12.2. The fraction of sp³-hybridized carbons (Fsp3) is 0.560. The quantitative estimate of drug-likeness (QED) is 0.176. The molecule has 7 heteroatoms. The third-order valence-electron chi connectivity index (χ3n) is 5.27. The van der Waals surface area contributed by atoms with Crippen LogP contribution >= 0.6 is 0 Å². The average molecular weight is 447 g/mol. The zero-order valence-electron chi connectivity index (χ0n) is 18.7. The van der Waals surface area contributed by atoms with Crippen molar-refractivity contribution in [1.29, 1.82) is 0 Å². The number of esters is 3. The molecule has 2 rings (SSSR count). The molecule has 0 amide bonds. The van der Waals surface area contributed by atoms with Gasteiger partial charge in [0.1, 0.15) is 18.1 Å². The summed E-state index contributed by atoms with van der Waals surface area (Å²) >= 11 is 0. The molecule has 0 aliphatic heterocycles. The van der Waals surface area contributed by atoms with Crippen molar-refractivity contribution in [1.82, 2.24) is 0 Å². The standard InChI is InChI=1S/C25H34O7/c1-2-23(26)31-19-16-24(27)30-18-9-4-3-8-17-29-21-12-14-22(15-13-21)32-25(28)20-10-6-5-7-11-20/h2,12-15,20H,1,3-11,16-19H2. The molecule has 0 spiro atoms. The van der Waals surface area contributed by atoms with Crippen molar-refractivity contribution in [3.05, 3.63) is 36.9 Å². The summed E-state index contributed by atoms with van der Waals surface area (Å²) in [6.45, 7) is 4.23. The minimum Gasteiger partial charge on any atom is -0.494 e. The Morgan fingerprint density at radius 1 is 0.844 bits per heavy atom. The Kier molecular flexibility index (Phi) is 12.0. The van der Waals surface area contributed by atoms with Crippen molar-refractivity contribution >= 4 is 17.9 Å². The van der Waals surface area contributed by atoms with Crippen molar-refractivity contribution in [2.24, 2.45) is 5.92 Å². The van der Waals surface area contributed by atoms with Crippen molar-refractivity contribution in [2.75, 3.05) is 19.8 Å². The lowest BCUT2D eigenvalue weighted by atomic mass is 9.89. The minimum absolute atomic E-state index is 0.00492. The number of hydrogen-bond acceptors (Lipinski definition) is 7. The largest absolute Gasteiger partial charge is 0.494 e. The van der Waals surface area contributed by atoms with Crippen molar-refractivity contribution < 1.29 is 33.3 Å².